The summed E-state index contributed by atoms with van der Waals surface area (Å²) in [6, 6.07) is 0. The predicted octanol–water partition coefficient (Wildman–Crippen LogP) is 2.98. The molecule has 0 aromatic heterocycles. The number of alkyl halides is 3. The van der Waals surface area contributed by atoms with Crippen molar-refractivity contribution in [3.8, 4) is 0 Å². The molecule has 16 heavy (non-hydrogen) atoms. The lowest BCUT2D eigenvalue weighted by atomic mass is 10.1. The molecule has 0 aliphatic rings. The molecule has 0 radical (unpaired) electrons. The van der Waals surface area contributed by atoms with Crippen LogP contribution in [0.2, 0.25) is 0 Å². The Labute approximate surface area is 95.5 Å². The summed E-state index contributed by atoms with van der Waals surface area (Å²) in [6.07, 6.45) is -1.29. The Morgan fingerprint density at radius 1 is 1.12 bits per heavy atom. The average Bonchev–Trinajstić information content (AvgIpc) is 2.13. The fraction of sp³-hybridized carbons (Fsp3) is 1.00. The molecule has 98 valence electrons. The van der Waals surface area contributed by atoms with Gasteiger partial charge in [-0.2, -0.15) is 13.2 Å². The molecule has 0 saturated carbocycles. The van der Waals surface area contributed by atoms with Gasteiger partial charge in [-0.3, -0.25) is 0 Å². The number of hydrogen-bond acceptors (Lipinski definition) is 2. The zero-order valence-corrected chi connectivity index (χ0v) is 10.1. The van der Waals surface area contributed by atoms with E-state index in [1.807, 2.05) is 0 Å². The molecule has 0 rings (SSSR count). The van der Waals surface area contributed by atoms with Gasteiger partial charge in [-0.25, -0.2) is 0 Å². The molecule has 0 saturated heterocycles. The molecule has 1 N–H and O–H groups in total. The molecule has 0 amide bonds. The summed E-state index contributed by atoms with van der Waals surface area (Å²) in [5.41, 5.74) is 0. The zero-order chi connectivity index (χ0) is 12.4. The molecule has 0 spiro atoms. The van der Waals surface area contributed by atoms with Gasteiger partial charge in [-0.05, 0) is 38.3 Å². The molecule has 0 aromatic rings. The van der Waals surface area contributed by atoms with Crippen LogP contribution in [-0.2, 0) is 4.74 Å². The summed E-state index contributed by atoms with van der Waals surface area (Å²) in [4.78, 5) is 0. The van der Waals surface area contributed by atoms with Gasteiger partial charge < -0.3 is 10.1 Å². The molecule has 0 aromatic carbocycles. The van der Waals surface area contributed by atoms with Crippen LogP contribution in [-0.4, -0.2) is 32.5 Å². The minimum absolute atomic E-state index is 0.163. The van der Waals surface area contributed by atoms with Gasteiger partial charge in [-0.15, -0.1) is 0 Å². The van der Waals surface area contributed by atoms with Crippen LogP contribution in [0.5, 0.6) is 0 Å². The summed E-state index contributed by atoms with van der Waals surface area (Å²) in [7, 11) is 0. The van der Waals surface area contributed by atoms with E-state index in [9.17, 15) is 13.2 Å². The first-order chi connectivity index (χ1) is 7.42. The Balaban J connectivity index is 3.05. The van der Waals surface area contributed by atoms with Gasteiger partial charge in [0.1, 0.15) is 6.61 Å². The highest BCUT2D eigenvalue weighted by atomic mass is 19.4. The van der Waals surface area contributed by atoms with Gasteiger partial charge in [0.25, 0.3) is 0 Å². The van der Waals surface area contributed by atoms with Crippen molar-refractivity contribution in [1.82, 2.24) is 5.32 Å². The lowest BCUT2D eigenvalue weighted by Gasteiger charge is -2.08. The quantitative estimate of drug-likeness (QED) is 0.627. The molecule has 0 aliphatic carbocycles. The summed E-state index contributed by atoms with van der Waals surface area (Å²) < 4.78 is 39.5. The third-order valence-corrected chi connectivity index (χ3v) is 2.04. The minimum atomic E-state index is -4.20. The van der Waals surface area contributed by atoms with Crippen LogP contribution in [0.25, 0.3) is 0 Å². The first-order valence-electron chi connectivity index (χ1n) is 5.77. The van der Waals surface area contributed by atoms with Crippen molar-refractivity contribution < 1.29 is 17.9 Å². The third kappa shape index (κ3) is 13.7. The highest BCUT2D eigenvalue weighted by molar-refractivity contribution is 4.52. The molecule has 0 aliphatic heterocycles. The third-order valence-electron chi connectivity index (χ3n) is 2.04. The van der Waals surface area contributed by atoms with Crippen LogP contribution in [0.1, 0.15) is 33.1 Å². The molecule has 0 bridgehead atoms. The number of halogens is 3. The smallest absolute Gasteiger partial charge is 0.372 e. The second kappa shape index (κ2) is 8.82. The molecule has 5 heteroatoms. The Morgan fingerprint density at radius 3 is 2.31 bits per heavy atom. The van der Waals surface area contributed by atoms with Crippen LogP contribution in [0, 0.1) is 5.92 Å². The first kappa shape index (κ1) is 15.7. The number of nitrogens with one attached hydrogen (secondary N) is 1. The second-order valence-electron chi connectivity index (χ2n) is 4.31. The van der Waals surface area contributed by atoms with Gasteiger partial charge in [0.15, 0.2) is 0 Å². The van der Waals surface area contributed by atoms with E-state index in [4.69, 9.17) is 0 Å². The van der Waals surface area contributed by atoms with E-state index in [-0.39, 0.29) is 6.61 Å². The molecular weight excluding hydrogens is 219 g/mol. The van der Waals surface area contributed by atoms with E-state index >= 15 is 0 Å². The number of ether oxygens (including phenoxy) is 1. The SMILES string of the molecule is CC(C)CCCNCCCOCC(F)(F)F. The van der Waals surface area contributed by atoms with E-state index < -0.39 is 12.8 Å². The topological polar surface area (TPSA) is 21.3 Å². The molecule has 0 fully saturated rings. The van der Waals surface area contributed by atoms with E-state index in [0.717, 1.165) is 19.5 Å². The van der Waals surface area contributed by atoms with Crippen molar-refractivity contribution in [2.75, 3.05) is 26.3 Å². The Bertz CT molecular complexity index is 160. The van der Waals surface area contributed by atoms with E-state index in [1.54, 1.807) is 0 Å². The predicted molar refractivity (Wildman–Crippen MR) is 58.4 cm³/mol. The maximum absolute atomic E-state index is 11.7. The molecule has 0 unspecified atom stereocenters. The largest absolute Gasteiger partial charge is 0.411 e. The van der Waals surface area contributed by atoms with Crippen molar-refractivity contribution in [1.29, 1.82) is 0 Å². The monoisotopic (exact) mass is 241 g/mol. The highest BCUT2D eigenvalue weighted by Crippen LogP contribution is 2.14. The molecule has 2 nitrogen and oxygen atoms in total. The maximum Gasteiger partial charge on any atom is 0.411 e. The summed E-state index contributed by atoms with van der Waals surface area (Å²) in [5.74, 6) is 0.705. The number of rotatable bonds is 9. The van der Waals surface area contributed by atoms with Crippen molar-refractivity contribution in [2.24, 2.45) is 5.92 Å². The lowest BCUT2D eigenvalue weighted by Crippen LogP contribution is -2.21. The van der Waals surface area contributed by atoms with Gasteiger partial charge in [-0.1, -0.05) is 13.8 Å². The fourth-order valence-corrected chi connectivity index (χ4v) is 1.25. The van der Waals surface area contributed by atoms with Crippen LogP contribution >= 0.6 is 0 Å². The van der Waals surface area contributed by atoms with E-state index in [1.165, 1.54) is 6.42 Å². The molecular formula is C11H22F3NO. The van der Waals surface area contributed by atoms with Gasteiger partial charge >= 0.3 is 6.18 Å². The standard InChI is InChI=1S/C11H22F3NO/c1-10(2)5-3-6-15-7-4-8-16-9-11(12,13)14/h10,15H,3-9H2,1-2H3. The fourth-order valence-electron chi connectivity index (χ4n) is 1.25. The van der Waals surface area contributed by atoms with Crippen molar-refractivity contribution in [3.05, 3.63) is 0 Å². The van der Waals surface area contributed by atoms with Gasteiger partial charge in [0.2, 0.25) is 0 Å². The van der Waals surface area contributed by atoms with E-state index in [2.05, 4.69) is 23.9 Å². The van der Waals surface area contributed by atoms with Crippen molar-refractivity contribution in [2.45, 2.75) is 39.3 Å². The lowest BCUT2D eigenvalue weighted by molar-refractivity contribution is -0.173. The van der Waals surface area contributed by atoms with Crippen molar-refractivity contribution >= 4 is 0 Å². The molecule has 0 heterocycles. The Hall–Kier alpha value is -0.290. The van der Waals surface area contributed by atoms with Crippen LogP contribution in [0.15, 0.2) is 0 Å². The maximum atomic E-state index is 11.7. The molecule has 0 atom stereocenters. The second-order valence-corrected chi connectivity index (χ2v) is 4.31. The Morgan fingerprint density at radius 2 is 1.75 bits per heavy atom. The minimum Gasteiger partial charge on any atom is -0.372 e. The van der Waals surface area contributed by atoms with E-state index in [0.29, 0.717) is 12.3 Å². The summed E-state index contributed by atoms with van der Waals surface area (Å²) in [6.45, 7) is 5.01. The average molecular weight is 241 g/mol. The number of hydrogen-bond donors (Lipinski definition) is 1. The normalized spacial score (nSPS) is 12.4. The highest BCUT2D eigenvalue weighted by Gasteiger charge is 2.26. The van der Waals surface area contributed by atoms with Crippen LogP contribution in [0.3, 0.4) is 0 Å². The van der Waals surface area contributed by atoms with Gasteiger partial charge in [0, 0.05) is 6.61 Å². The summed E-state index contributed by atoms with van der Waals surface area (Å²) in [5, 5.41) is 3.18. The summed E-state index contributed by atoms with van der Waals surface area (Å²) >= 11 is 0. The van der Waals surface area contributed by atoms with Crippen LogP contribution in [0.4, 0.5) is 13.2 Å². The Kier molecular flexibility index (Phi) is 8.66. The zero-order valence-electron chi connectivity index (χ0n) is 10.1. The van der Waals surface area contributed by atoms with Crippen molar-refractivity contribution in [3.63, 3.8) is 0 Å². The van der Waals surface area contributed by atoms with Crippen LogP contribution < -0.4 is 5.32 Å². The van der Waals surface area contributed by atoms with Gasteiger partial charge in [0.05, 0.1) is 0 Å². The first-order valence-corrected chi connectivity index (χ1v) is 5.77.